The van der Waals surface area contributed by atoms with Crippen molar-refractivity contribution >= 4 is 39.1 Å². The van der Waals surface area contributed by atoms with E-state index in [-0.39, 0.29) is 23.0 Å². The first-order valence-corrected chi connectivity index (χ1v) is 7.40. The molecule has 0 saturated heterocycles. The van der Waals surface area contributed by atoms with Gasteiger partial charge < -0.3 is 0 Å². The van der Waals surface area contributed by atoms with Crippen molar-refractivity contribution in [3.8, 4) is 0 Å². The van der Waals surface area contributed by atoms with E-state index >= 15 is 0 Å². The summed E-state index contributed by atoms with van der Waals surface area (Å²) in [7, 11) is 0. The number of carbonyl (C=O) groups is 1. The van der Waals surface area contributed by atoms with Crippen molar-refractivity contribution in [2.24, 2.45) is 0 Å². The molecule has 0 N–H and O–H groups in total. The second-order valence-electron chi connectivity index (χ2n) is 4.30. The number of hydrogen-bond donors (Lipinski definition) is 0. The monoisotopic (exact) mass is 381 g/mol. The minimum absolute atomic E-state index is 0.149. The molecule has 0 atom stereocenters. The molecule has 2 aromatic heterocycles. The van der Waals surface area contributed by atoms with Crippen molar-refractivity contribution in [3.05, 3.63) is 63.5 Å². The van der Waals surface area contributed by atoms with Crippen LogP contribution in [0.25, 0.3) is 5.65 Å². The van der Waals surface area contributed by atoms with Gasteiger partial charge in [0.25, 0.3) is 0 Å². The number of halogens is 2. The molecule has 2 heterocycles. The fourth-order valence-electron chi connectivity index (χ4n) is 1.82. The molecule has 0 spiro atoms. The van der Waals surface area contributed by atoms with E-state index in [1.165, 1.54) is 4.52 Å². The smallest absolute Gasteiger partial charge is 0.292 e. The summed E-state index contributed by atoms with van der Waals surface area (Å²) in [5.74, 6) is -0.701. The van der Waals surface area contributed by atoms with Gasteiger partial charge >= 0.3 is 5.97 Å². The molecule has 0 radical (unpaired) electrons. The summed E-state index contributed by atoms with van der Waals surface area (Å²) in [6.07, 6.45) is 1.59. The van der Waals surface area contributed by atoms with Crippen LogP contribution in [0.4, 0.5) is 0 Å². The number of benzene rings is 1. The molecular formula is C14H9BrClN3O3. The van der Waals surface area contributed by atoms with Crippen LogP contribution in [-0.2, 0) is 16.4 Å². The van der Waals surface area contributed by atoms with Crippen molar-refractivity contribution in [2.45, 2.75) is 6.61 Å². The summed E-state index contributed by atoms with van der Waals surface area (Å²) in [5.41, 5.74) is 1.32. The summed E-state index contributed by atoms with van der Waals surface area (Å²) in [5, 5.41) is 4.35. The zero-order chi connectivity index (χ0) is 15.5. The van der Waals surface area contributed by atoms with Gasteiger partial charge in [0.15, 0.2) is 5.65 Å². The molecule has 0 aliphatic rings. The number of fused-ring (bicyclic) bond motifs is 1. The first kappa shape index (κ1) is 15.0. The van der Waals surface area contributed by atoms with E-state index < -0.39 is 5.97 Å². The number of rotatable bonds is 4. The third-order valence-corrected chi connectivity index (χ3v) is 3.58. The molecule has 0 fully saturated rings. The Labute approximate surface area is 138 Å². The quantitative estimate of drug-likeness (QED) is 0.393. The highest BCUT2D eigenvalue weighted by atomic mass is 79.9. The first-order valence-electron chi connectivity index (χ1n) is 6.23. The van der Waals surface area contributed by atoms with E-state index in [4.69, 9.17) is 21.4 Å². The van der Waals surface area contributed by atoms with Gasteiger partial charge in [-0.25, -0.2) is 14.3 Å². The third-order valence-electron chi connectivity index (χ3n) is 2.82. The van der Waals surface area contributed by atoms with Crippen LogP contribution in [0.3, 0.4) is 0 Å². The molecule has 0 saturated carbocycles. The number of aromatic nitrogens is 3. The summed E-state index contributed by atoms with van der Waals surface area (Å²) >= 11 is 9.04. The maximum absolute atomic E-state index is 12.1. The van der Waals surface area contributed by atoms with Crippen LogP contribution in [0.1, 0.15) is 15.9 Å². The molecule has 22 heavy (non-hydrogen) atoms. The minimum atomic E-state index is -0.701. The van der Waals surface area contributed by atoms with E-state index in [9.17, 15) is 4.79 Å². The molecule has 0 bridgehead atoms. The van der Waals surface area contributed by atoms with Crippen molar-refractivity contribution < 1.29 is 14.6 Å². The van der Waals surface area contributed by atoms with Crippen LogP contribution in [-0.4, -0.2) is 20.6 Å². The Morgan fingerprint density at radius 3 is 2.82 bits per heavy atom. The zero-order valence-corrected chi connectivity index (χ0v) is 13.4. The van der Waals surface area contributed by atoms with Crippen LogP contribution in [0.5, 0.6) is 0 Å². The van der Waals surface area contributed by atoms with E-state index in [1.54, 1.807) is 12.3 Å². The number of nitrogens with zero attached hydrogens (tertiary/aromatic N) is 3. The highest BCUT2D eigenvalue weighted by molar-refractivity contribution is 9.10. The molecule has 3 rings (SSSR count). The molecule has 1 aromatic carbocycles. The fraction of sp³-hybridized carbons (Fsp3) is 0.0714. The molecular weight excluding hydrogens is 374 g/mol. The predicted octanol–water partition coefficient (Wildman–Crippen LogP) is 3.43. The highest BCUT2D eigenvalue weighted by Crippen LogP contribution is 2.22. The lowest BCUT2D eigenvalue weighted by atomic mass is 10.2. The average molecular weight is 383 g/mol. The van der Waals surface area contributed by atoms with Gasteiger partial charge in [0.1, 0.15) is 21.9 Å². The average Bonchev–Trinajstić information content (AvgIpc) is 2.83. The molecule has 112 valence electrons. The van der Waals surface area contributed by atoms with Crippen molar-refractivity contribution in [1.82, 2.24) is 14.6 Å². The predicted molar refractivity (Wildman–Crippen MR) is 82.3 cm³/mol. The van der Waals surface area contributed by atoms with Gasteiger partial charge in [0.05, 0.1) is 0 Å². The highest BCUT2D eigenvalue weighted by Gasteiger charge is 2.22. The molecule has 8 heteroatoms. The van der Waals surface area contributed by atoms with E-state index in [2.05, 4.69) is 26.0 Å². The molecule has 0 amide bonds. The third kappa shape index (κ3) is 3.11. The van der Waals surface area contributed by atoms with Crippen LogP contribution < -0.4 is 0 Å². The second-order valence-corrected chi connectivity index (χ2v) is 5.44. The number of hydrogen-bond acceptors (Lipinski definition) is 5. The van der Waals surface area contributed by atoms with E-state index in [1.807, 2.05) is 30.3 Å². The topological polar surface area (TPSA) is 65.7 Å². The van der Waals surface area contributed by atoms with E-state index in [0.29, 0.717) is 4.60 Å². The Balaban J connectivity index is 1.75. The van der Waals surface area contributed by atoms with Crippen LogP contribution in [0.2, 0.25) is 5.15 Å². The maximum atomic E-state index is 12.1. The SMILES string of the molecule is O=C(OOCc1ccccc1)c1c(Br)nn2ccc(Cl)nc12. The Morgan fingerprint density at radius 1 is 1.27 bits per heavy atom. The minimum Gasteiger partial charge on any atom is -0.292 e. The summed E-state index contributed by atoms with van der Waals surface area (Å²) in [4.78, 5) is 26.0. The zero-order valence-electron chi connectivity index (χ0n) is 11.1. The maximum Gasteiger partial charge on any atom is 0.379 e. The molecule has 0 aliphatic heterocycles. The first-order chi connectivity index (χ1) is 10.6. The number of carbonyl (C=O) groups excluding carboxylic acids is 1. The molecule has 0 aliphatic carbocycles. The van der Waals surface area contributed by atoms with Gasteiger partial charge in [-0.1, -0.05) is 41.9 Å². The largest absolute Gasteiger partial charge is 0.379 e. The van der Waals surface area contributed by atoms with Crippen LogP contribution in [0.15, 0.2) is 47.2 Å². The summed E-state index contributed by atoms with van der Waals surface area (Å²) < 4.78 is 1.72. The van der Waals surface area contributed by atoms with Crippen LogP contribution >= 0.6 is 27.5 Å². The van der Waals surface area contributed by atoms with Crippen molar-refractivity contribution in [1.29, 1.82) is 0 Å². The van der Waals surface area contributed by atoms with Gasteiger partial charge in [-0.3, -0.25) is 4.89 Å². The van der Waals surface area contributed by atoms with Crippen molar-refractivity contribution in [3.63, 3.8) is 0 Å². The standard InChI is InChI=1S/C14H9BrClN3O3/c15-12-11(13-17-10(16)6-7-19(13)18-12)14(20)22-21-8-9-4-2-1-3-5-9/h1-7H,8H2. The lowest BCUT2D eigenvalue weighted by Gasteiger charge is -2.03. The Bertz CT molecular complexity index is 823. The summed E-state index contributed by atoms with van der Waals surface area (Å²) in [6.45, 7) is 0.150. The Morgan fingerprint density at radius 2 is 2.05 bits per heavy atom. The fourth-order valence-corrected chi connectivity index (χ4v) is 2.47. The Kier molecular flexibility index (Phi) is 4.37. The van der Waals surface area contributed by atoms with Crippen molar-refractivity contribution in [2.75, 3.05) is 0 Å². The normalized spacial score (nSPS) is 10.8. The molecule has 6 nitrogen and oxygen atoms in total. The van der Waals surface area contributed by atoms with Gasteiger partial charge in [-0.2, -0.15) is 9.99 Å². The lowest BCUT2D eigenvalue weighted by Crippen LogP contribution is -2.07. The van der Waals surface area contributed by atoms with Gasteiger partial charge in [0, 0.05) is 6.20 Å². The van der Waals surface area contributed by atoms with Crippen LogP contribution in [0, 0.1) is 0 Å². The van der Waals surface area contributed by atoms with Gasteiger partial charge in [-0.15, -0.1) is 0 Å². The molecule has 0 unspecified atom stereocenters. The second kappa shape index (κ2) is 6.43. The summed E-state index contributed by atoms with van der Waals surface area (Å²) in [6, 6.07) is 10.9. The van der Waals surface area contributed by atoms with Gasteiger partial charge in [0.2, 0.25) is 0 Å². The Hall–Kier alpha value is -1.96. The lowest BCUT2D eigenvalue weighted by molar-refractivity contribution is -0.250. The van der Waals surface area contributed by atoms with E-state index in [0.717, 1.165) is 5.56 Å². The van der Waals surface area contributed by atoms with Gasteiger partial charge in [-0.05, 0) is 27.6 Å². The molecule has 3 aromatic rings.